The highest BCUT2D eigenvalue weighted by atomic mass is 35.5. The molecule has 0 radical (unpaired) electrons. The van der Waals surface area contributed by atoms with Gasteiger partial charge in [-0.15, -0.1) is 0 Å². The van der Waals surface area contributed by atoms with Gasteiger partial charge in [0.15, 0.2) is 0 Å². The van der Waals surface area contributed by atoms with Crippen LogP contribution in [0.3, 0.4) is 0 Å². The third-order valence-corrected chi connectivity index (χ3v) is 2.67. The van der Waals surface area contributed by atoms with Crippen LogP contribution in [0.2, 0.25) is 15.1 Å². The van der Waals surface area contributed by atoms with Gasteiger partial charge in [0.2, 0.25) is 6.61 Å². The van der Waals surface area contributed by atoms with Crippen LogP contribution < -0.4 is 0 Å². The van der Waals surface area contributed by atoms with E-state index in [2.05, 4.69) is 9.99 Å². The van der Waals surface area contributed by atoms with E-state index in [1.807, 2.05) is 0 Å². The lowest BCUT2D eigenvalue weighted by molar-refractivity contribution is -0.142. The molecular weight excluding hydrogens is 276 g/mol. The minimum Gasteiger partial charge on any atom is -0.479 e. The number of benzene rings is 1. The van der Waals surface area contributed by atoms with Gasteiger partial charge >= 0.3 is 5.97 Å². The van der Waals surface area contributed by atoms with Crippen molar-refractivity contribution in [1.82, 2.24) is 0 Å². The van der Waals surface area contributed by atoms with E-state index in [0.717, 1.165) is 0 Å². The van der Waals surface area contributed by atoms with Crippen LogP contribution in [0.4, 0.5) is 0 Å². The van der Waals surface area contributed by atoms with Crippen LogP contribution in [0.25, 0.3) is 0 Å². The van der Waals surface area contributed by atoms with Gasteiger partial charge in [0.1, 0.15) is 0 Å². The van der Waals surface area contributed by atoms with E-state index in [1.165, 1.54) is 6.21 Å². The second-order valence-electron chi connectivity index (χ2n) is 2.66. The number of carboxylic acids is 1. The van der Waals surface area contributed by atoms with E-state index in [1.54, 1.807) is 12.1 Å². The zero-order chi connectivity index (χ0) is 12.1. The van der Waals surface area contributed by atoms with E-state index < -0.39 is 12.6 Å². The van der Waals surface area contributed by atoms with Crippen LogP contribution in [-0.2, 0) is 9.63 Å². The Bertz CT molecular complexity index is 434. The van der Waals surface area contributed by atoms with Crippen molar-refractivity contribution >= 4 is 47.0 Å². The molecule has 0 atom stereocenters. The van der Waals surface area contributed by atoms with E-state index >= 15 is 0 Å². The summed E-state index contributed by atoms with van der Waals surface area (Å²) >= 11 is 17.5. The van der Waals surface area contributed by atoms with Gasteiger partial charge in [0.25, 0.3) is 0 Å². The van der Waals surface area contributed by atoms with Gasteiger partial charge in [-0.1, -0.05) is 40.0 Å². The fourth-order valence-corrected chi connectivity index (χ4v) is 1.48. The summed E-state index contributed by atoms with van der Waals surface area (Å²) in [5.41, 5.74) is 0.376. The van der Waals surface area contributed by atoms with Crippen molar-refractivity contribution in [1.29, 1.82) is 0 Å². The first-order valence-electron chi connectivity index (χ1n) is 4.03. The molecule has 4 nitrogen and oxygen atoms in total. The number of hydrogen-bond donors (Lipinski definition) is 1. The summed E-state index contributed by atoms with van der Waals surface area (Å²) in [7, 11) is 0. The van der Waals surface area contributed by atoms with Gasteiger partial charge in [0, 0.05) is 5.56 Å². The van der Waals surface area contributed by atoms with Crippen LogP contribution in [0.1, 0.15) is 5.56 Å². The van der Waals surface area contributed by atoms with Crippen LogP contribution in [-0.4, -0.2) is 23.9 Å². The third kappa shape index (κ3) is 3.56. The summed E-state index contributed by atoms with van der Waals surface area (Å²) in [6.07, 6.45) is 1.21. The zero-order valence-corrected chi connectivity index (χ0v) is 10.1. The lowest BCUT2D eigenvalue weighted by atomic mass is 10.2. The Kier molecular flexibility index (Phi) is 4.86. The van der Waals surface area contributed by atoms with Crippen LogP contribution in [0.15, 0.2) is 17.3 Å². The number of nitrogens with zero attached hydrogens (tertiary/aromatic N) is 1. The number of hydrogen-bond acceptors (Lipinski definition) is 3. The first-order valence-corrected chi connectivity index (χ1v) is 5.16. The molecule has 0 heterocycles. The van der Waals surface area contributed by atoms with Crippen molar-refractivity contribution in [2.24, 2.45) is 5.16 Å². The molecule has 0 bridgehead atoms. The van der Waals surface area contributed by atoms with Crippen molar-refractivity contribution in [2.75, 3.05) is 6.61 Å². The highest BCUT2D eigenvalue weighted by molar-refractivity contribution is 6.45. The summed E-state index contributed by atoms with van der Waals surface area (Å²) in [4.78, 5) is 14.6. The summed E-state index contributed by atoms with van der Waals surface area (Å²) in [5, 5.41) is 12.6. The Hall–Kier alpha value is -0.970. The molecule has 16 heavy (non-hydrogen) atoms. The molecule has 0 aliphatic carbocycles. The van der Waals surface area contributed by atoms with Crippen molar-refractivity contribution in [2.45, 2.75) is 0 Å². The van der Waals surface area contributed by atoms with Gasteiger partial charge in [-0.25, -0.2) is 4.79 Å². The number of halogens is 3. The molecular formula is C9H6Cl3NO3. The standard InChI is InChI=1S/C9H6Cl3NO3/c10-6-1-2-7(11)9(12)5(6)3-13-16-4-8(14)15/h1-3H,4H2,(H,14,15)/b13-3+. The molecule has 0 unspecified atom stereocenters. The molecule has 0 aliphatic rings. The minimum atomic E-state index is -1.12. The van der Waals surface area contributed by atoms with E-state index in [0.29, 0.717) is 15.6 Å². The van der Waals surface area contributed by atoms with E-state index in [-0.39, 0.29) is 5.02 Å². The molecule has 0 aromatic heterocycles. The monoisotopic (exact) mass is 281 g/mol. The highest BCUT2D eigenvalue weighted by Gasteiger charge is 2.07. The molecule has 1 aromatic rings. The Morgan fingerprint density at radius 1 is 1.38 bits per heavy atom. The van der Waals surface area contributed by atoms with Gasteiger partial charge in [-0.05, 0) is 12.1 Å². The fraction of sp³-hybridized carbons (Fsp3) is 0.111. The molecule has 0 saturated carbocycles. The van der Waals surface area contributed by atoms with Crippen molar-refractivity contribution in [3.05, 3.63) is 32.8 Å². The molecule has 1 N–H and O–H groups in total. The number of carbonyl (C=O) groups is 1. The van der Waals surface area contributed by atoms with E-state index in [9.17, 15) is 4.79 Å². The van der Waals surface area contributed by atoms with Crippen molar-refractivity contribution in [3.8, 4) is 0 Å². The molecule has 0 aliphatic heterocycles. The minimum absolute atomic E-state index is 0.233. The molecule has 0 saturated heterocycles. The van der Waals surface area contributed by atoms with Crippen LogP contribution in [0, 0.1) is 0 Å². The van der Waals surface area contributed by atoms with Gasteiger partial charge in [-0.2, -0.15) is 0 Å². The predicted octanol–water partition coefficient (Wildman–Crippen LogP) is 3.08. The molecule has 0 fully saturated rings. The normalized spacial score (nSPS) is 10.7. The average Bonchev–Trinajstić information content (AvgIpc) is 2.22. The Morgan fingerprint density at radius 3 is 2.62 bits per heavy atom. The number of aliphatic carboxylic acids is 1. The largest absolute Gasteiger partial charge is 0.479 e. The van der Waals surface area contributed by atoms with Crippen molar-refractivity contribution < 1.29 is 14.7 Å². The molecule has 1 aromatic carbocycles. The Morgan fingerprint density at radius 2 is 2.00 bits per heavy atom. The zero-order valence-electron chi connectivity index (χ0n) is 7.78. The smallest absolute Gasteiger partial charge is 0.344 e. The van der Waals surface area contributed by atoms with Gasteiger partial charge < -0.3 is 9.94 Å². The molecule has 1 rings (SSSR count). The maximum absolute atomic E-state index is 10.1. The molecule has 7 heteroatoms. The summed E-state index contributed by atoms with van der Waals surface area (Å²) in [6, 6.07) is 3.09. The lowest BCUT2D eigenvalue weighted by Gasteiger charge is -2.02. The lowest BCUT2D eigenvalue weighted by Crippen LogP contribution is -2.03. The maximum atomic E-state index is 10.1. The summed E-state index contributed by atoms with van der Waals surface area (Å²) in [6.45, 7) is -0.535. The van der Waals surface area contributed by atoms with Crippen molar-refractivity contribution in [3.63, 3.8) is 0 Å². The summed E-state index contributed by atoms with van der Waals surface area (Å²) < 4.78 is 0. The first kappa shape index (κ1) is 13.1. The maximum Gasteiger partial charge on any atom is 0.344 e. The molecule has 0 spiro atoms. The van der Waals surface area contributed by atoms with Crippen LogP contribution in [0.5, 0.6) is 0 Å². The predicted molar refractivity (Wildman–Crippen MR) is 62.7 cm³/mol. The molecule has 86 valence electrons. The van der Waals surface area contributed by atoms with Gasteiger partial charge in [-0.3, -0.25) is 0 Å². The average molecular weight is 283 g/mol. The fourth-order valence-electron chi connectivity index (χ4n) is 0.844. The topological polar surface area (TPSA) is 58.9 Å². The molecule has 0 amide bonds. The number of oxime groups is 1. The quantitative estimate of drug-likeness (QED) is 0.524. The Labute approximate surface area is 106 Å². The SMILES string of the molecule is O=C(O)CO/N=C/c1c(Cl)ccc(Cl)c1Cl. The number of rotatable bonds is 4. The van der Waals surface area contributed by atoms with Gasteiger partial charge in [0.05, 0.1) is 21.3 Å². The van der Waals surface area contributed by atoms with Crippen LogP contribution >= 0.6 is 34.8 Å². The second-order valence-corrected chi connectivity index (χ2v) is 3.85. The summed E-state index contributed by atoms with van der Waals surface area (Å²) in [5.74, 6) is -1.12. The second kappa shape index (κ2) is 5.94. The highest BCUT2D eigenvalue weighted by Crippen LogP contribution is 2.29. The van der Waals surface area contributed by atoms with E-state index in [4.69, 9.17) is 39.9 Å². The number of carboxylic acid groups (broad SMARTS) is 1. The Balaban J connectivity index is 2.80. The third-order valence-electron chi connectivity index (χ3n) is 1.52. The first-order chi connectivity index (χ1) is 7.52.